The van der Waals surface area contributed by atoms with Gasteiger partial charge in [-0.1, -0.05) is 0 Å². The number of carbonyl (C=O) groups is 1. The second-order valence-corrected chi connectivity index (χ2v) is 1.42. The Morgan fingerprint density at radius 2 is 2.40 bits per heavy atom. The zero-order valence-electron chi connectivity index (χ0n) is 5.84. The minimum absolute atomic E-state index is 0.0509. The van der Waals surface area contributed by atoms with Crippen LogP contribution in [0.3, 0.4) is 0 Å². The molecule has 0 aliphatic rings. The lowest BCUT2D eigenvalue weighted by Gasteiger charge is -1.95. The minimum atomic E-state index is -0.621. The summed E-state index contributed by atoms with van der Waals surface area (Å²) in [4.78, 5) is 10.6. The smallest absolute Gasteiger partial charge is 0.360 e. The number of methoxy groups -OCH3 is 1. The Morgan fingerprint density at radius 3 is 2.70 bits per heavy atom. The standard InChI is InChI=1S/C5H9N3O2/c1-7-3-4(8-6)5(9)10-2/h3,6-7H,1-2H3/b4-3-,8-6?. The lowest BCUT2D eigenvalue weighted by molar-refractivity contribution is -0.136. The Morgan fingerprint density at radius 1 is 1.80 bits per heavy atom. The van der Waals surface area contributed by atoms with E-state index in [2.05, 4.69) is 15.2 Å². The number of hydrogen-bond acceptors (Lipinski definition) is 5. The molecule has 10 heavy (non-hydrogen) atoms. The van der Waals surface area contributed by atoms with E-state index < -0.39 is 5.97 Å². The molecule has 5 heteroatoms. The minimum Gasteiger partial charge on any atom is -0.464 e. The van der Waals surface area contributed by atoms with Crippen LogP contribution in [0.1, 0.15) is 0 Å². The summed E-state index contributed by atoms with van der Waals surface area (Å²) < 4.78 is 4.29. The van der Waals surface area contributed by atoms with Crippen molar-refractivity contribution in [2.45, 2.75) is 0 Å². The zero-order valence-corrected chi connectivity index (χ0v) is 5.84. The van der Waals surface area contributed by atoms with Crippen LogP contribution in [-0.2, 0) is 9.53 Å². The van der Waals surface area contributed by atoms with Crippen molar-refractivity contribution in [2.75, 3.05) is 14.2 Å². The predicted octanol–water partition coefficient (Wildman–Crippen LogP) is 0.251. The summed E-state index contributed by atoms with van der Waals surface area (Å²) in [6.07, 6.45) is 1.29. The molecule has 0 spiro atoms. The van der Waals surface area contributed by atoms with Crippen LogP contribution >= 0.6 is 0 Å². The van der Waals surface area contributed by atoms with Gasteiger partial charge in [0, 0.05) is 13.2 Å². The molecule has 56 valence electrons. The van der Waals surface area contributed by atoms with E-state index in [0.29, 0.717) is 0 Å². The molecule has 0 radical (unpaired) electrons. The monoisotopic (exact) mass is 143 g/mol. The second-order valence-electron chi connectivity index (χ2n) is 1.42. The molecule has 0 fully saturated rings. The molecule has 0 unspecified atom stereocenters. The summed E-state index contributed by atoms with van der Waals surface area (Å²) in [5.74, 6) is -0.621. The molecule has 0 saturated carbocycles. The predicted molar refractivity (Wildman–Crippen MR) is 34.3 cm³/mol. The zero-order chi connectivity index (χ0) is 7.98. The Bertz CT molecular complexity index is 164. The van der Waals surface area contributed by atoms with Crippen LogP contribution in [0.5, 0.6) is 0 Å². The van der Waals surface area contributed by atoms with E-state index in [4.69, 9.17) is 5.53 Å². The van der Waals surface area contributed by atoms with Gasteiger partial charge in [-0.3, -0.25) is 0 Å². The second kappa shape index (κ2) is 4.49. The van der Waals surface area contributed by atoms with Crippen LogP contribution in [0.25, 0.3) is 0 Å². The molecule has 0 bridgehead atoms. The van der Waals surface area contributed by atoms with Gasteiger partial charge in [0.25, 0.3) is 0 Å². The third-order valence-electron chi connectivity index (χ3n) is 0.796. The third kappa shape index (κ3) is 2.25. The Balaban J connectivity index is 4.20. The fourth-order valence-corrected chi connectivity index (χ4v) is 0.378. The topological polar surface area (TPSA) is 74.5 Å². The van der Waals surface area contributed by atoms with Crippen LogP contribution in [0.2, 0.25) is 0 Å². The average molecular weight is 143 g/mol. The first-order chi connectivity index (χ1) is 4.76. The van der Waals surface area contributed by atoms with Crippen molar-refractivity contribution in [1.29, 1.82) is 5.53 Å². The first-order valence-corrected chi connectivity index (χ1v) is 2.59. The fourth-order valence-electron chi connectivity index (χ4n) is 0.378. The number of nitrogens with one attached hydrogen (secondary N) is 2. The van der Waals surface area contributed by atoms with E-state index in [9.17, 15) is 4.79 Å². The number of esters is 1. The first-order valence-electron chi connectivity index (χ1n) is 2.59. The van der Waals surface area contributed by atoms with Crippen molar-refractivity contribution >= 4 is 5.97 Å². The number of nitrogens with zero attached hydrogens (tertiary/aromatic N) is 1. The van der Waals surface area contributed by atoms with Gasteiger partial charge >= 0.3 is 5.97 Å². The molecule has 0 amide bonds. The summed E-state index contributed by atoms with van der Waals surface area (Å²) in [7, 11) is 2.84. The van der Waals surface area contributed by atoms with E-state index in [1.165, 1.54) is 13.3 Å². The summed E-state index contributed by atoms with van der Waals surface area (Å²) in [5.41, 5.74) is 6.46. The van der Waals surface area contributed by atoms with Gasteiger partial charge in [-0.2, -0.15) is 0 Å². The van der Waals surface area contributed by atoms with Gasteiger partial charge in [-0.05, 0) is 0 Å². The molecule has 0 atom stereocenters. The van der Waals surface area contributed by atoms with Crippen LogP contribution in [-0.4, -0.2) is 20.1 Å². The van der Waals surface area contributed by atoms with Gasteiger partial charge in [0.15, 0.2) is 5.70 Å². The molecule has 0 aliphatic carbocycles. The highest BCUT2D eigenvalue weighted by atomic mass is 16.5. The molecule has 0 aliphatic heterocycles. The SMILES string of the molecule is CN/C=C(\N=N)C(=O)OC. The van der Waals surface area contributed by atoms with Gasteiger partial charge in [0.1, 0.15) is 0 Å². The van der Waals surface area contributed by atoms with E-state index in [0.717, 1.165) is 0 Å². The summed E-state index contributed by atoms with van der Waals surface area (Å²) in [6.45, 7) is 0. The molecular weight excluding hydrogens is 134 g/mol. The van der Waals surface area contributed by atoms with Crippen molar-refractivity contribution in [1.82, 2.24) is 5.32 Å². The van der Waals surface area contributed by atoms with Crippen LogP contribution in [0, 0.1) is 5.53 Å². The summed E-state index contributed by atoms with van der Waals surface area (Å²) in [6, 6.07) is 0. The number of rotatable bonds is 3. The normalized spacial score (nSPS) is 10.4. The van der Waals surface area contributed by atoms with E-state index in [-0.39, 0.29) is 5.70 Å². The fraction of sp³-hybridized carbons (Fsp3) is 0.400. The molecule has 0 saturated heterocycles. The Labute approximate surface area is 58.6 Å². The average Bonchev–Trinajstić information content (AvgIpc) is 1.99. The maximum absolute atomic E-state index is 10.6. The highest BCUT2D eigenvalue weighted by Gasteiger charge is 2.05. The highest BCUT2D eigenvalue weighted by Crippen LogP contribution is 1.95. The molecule has 0 aromatic rings. The van der Waals surface area contributed by atoms with Crippen molar-refractivity contribution in [3.05, 3.63) is 11.9 Å². The summed E-state index contributed by atoms with van der Waals surface area (Å²) >= 11 is 0. The molecule has 5 nitrogen and oxygen atoms in total. The Hall–Kier alpha value is -1.39. The third-order valence-corrected chi connectivity index (χ3v) is 0.796. The first kappa shape index (κ1) is 8.61. The maximum Gasteiger partial charge on any atom is 0.360 e. The lowest BCUT2D eigenvalue weighted by atomic mass is 10.5. The Kier molecular flexibility index (Phi) is 3.86. The molecule has 0 heterocycles. The molecule has 0 rings (SSSR count). The number of hydrogen-bond donors (Lipinski definition) is 2. The van der Waals surface area contributed by atoms with E-state index >= 15 is 0 Å². The highest BCUT2D eigenvalue weighted by molar-refractivity contribution is 5.87. The van der Waals surface area contributed by atoms with Crippen molar-refractivity contribution in [3.63, 3.8) is 0 Å². The van der Waals surface area contributed by atoms with Gasteiger partial charge in [-0.25, -0.2) is 10.3 Å². The molecule has 2 N–H and O–H groups in total. The van der Waals surface area contributed by atoms with Gasteiger partial charge in [-0.15, -0.1) is 5.11 Å². The van der Waals surface area contributed by atoms with E-state index in [1.807, 2.05) is 0 Å². The molecule has 0 aromatic heterocycles. The quantitative estimate of drug-likeness (QED) is 0.338. The van der Waals surface area contributed by atoms with Crippen molar-refractivity contribution in [3.8, 4) is 0 Å². The summed E-state index contributed by atoms with van der Waals surface area (Å²) in [5, 5.41) is 5.48. The maximum atomic E-state index is 10.6. The van der Waals surface area contributed by atoms with Crippen LogP contribution < -0.4 is 5.32 Å². The number of ether oxygens (including phenoxy) is 1. The molecule has 0 aromatic carbocycles. The van der Waals surface area contributed by atoms with Crippen molar-refractivity contribution in [2.24, 2.45) is 5.11 Å². The van der Waals surface area contributed by atoms with E-state index in [1.54, 1.807) is 7.05 Å². The lowest BCUT2D eigenvalue weighted by Crippen LogP contribution is -2.06. The van der Waals surface area contributed by atoms with Gasteiger partial charge in [0.05, 0.1) is 7.11 Å². The van der Waals surface area contributed by atoms with Gasteiger partial charge in [0.2, 0.25) is 0 Å². The molecular formula is C5H9N3O2. The number of carbonyl (C=O) groups excluding carboxylic acids is 1. The van der Waals surface area contributed by atoms with Gasteiger partial charge < -0.3 is 10.1 Å². The van der Waals surface area contributed by atoms with Crippen LogP contribution in [0.15, 0.2) is 17.0 Å². The van der Waals surface area contributed by atoms with Crippen LogP contribution in [0.4, 0.5) is 0 Å². The van der Waals surface area contributed by atoms with Crippen molar-refractivity contribution < 1.29 is 9.53 Å². The largest absolute Gasteiger partial charge is 0.464 e.